The number of fused-ring (bicyclic) bond motifs is 1. The quantitative estimate of drug-likeness (QED) is 0.390. The number of imidazole rings is 1. The summed E-state index contributed by atoms with van der Waals surface area (Å²) in [6.45, 7) is 0.740. The number of aromatic nitrogens is 4. The molecule has 1 N–H and O–H groups in total. The van der Waals surface area contributed by atoms with E-state index in [1.165, 1.54) is 12.1 Å². The third-order valence-electron chi connectivity index (χ3n) is 6.20. The van der Waals surface area contributed by atoms with E-state index in [0.717, 1.165) is 37.4 Å². The molecule has 1 aliphatic rings. The van der Waals surface area contributed by atoms with Crippen molar-refractivity contribution in [3.05, 3.63) is 77.5 Å². The third-order valence-corrected chi connectivity index (χ3v) is 6.20. The number of ether oxygens (including phenoxy) is 1. The molecular weight excluding hydrogens is 482 g/mol. The van der Waals surface area contributed by atoms with E-state index in [4.69, 9.17) is 0 Å². The van der Waals surface area contributed by atoms with Crippen molar-refractivity contribution in [1.82, 2.24) is 24.7 Å². The van der Waals surface area contributed by atoms with Crippen molar-refractivity contribution in [2.75, 3.05) is 13.1 Å². The van der Waals surface area contributed by atoms with Crippen molar-refractivity contribution in [2.45, 2.75) is 38.7 Å². The Kier molecular flexibility index (Phi) is 8.61. The van der Waals surface area contributed by atoms with Crippen LogP contribution in [0.4, 0.5) is 13.2 Å². The molecule has 0 saturated carbocycles. The third kappa shape index (κ3) is 5.78. The van der Waals surface area contributed by atoms with E-state index in [2.05, 4.69) is 25.0 Å². The molecule has 1 aromatic carbocycles. The molecule has 1 fully saturated rings. The van der Waals surface area contributed by atoms with Gasteiger partial charge in [-0.1, -0.05) is 18.2 Å². The second-order valence-corrected chi connectivity index (χ2v) is 8.44. The van der Waals surface area contributed by atoms with Crippen LogP contribution >= 0.6 is 0 Å². The summed E-state index contributed by atoms with van der Waals surface area (Å²) in [6.07, 6.45) is 7.37. The van der Waals surface area contributed by atoms with Gasteiger partial charge in [0.1, 0.15) is 23.0 Å². The fraction of sp³-hybridized carbons (Fsp3) is 0.320. The monoisotopic (exact) mass is 506 g/mol. The number of pyridine rings is 1. The summed E-state index contributed by atoms with van der Waals surface area (Å²) in [5, 5.41) is 3.35. The van der Waals surface area contributed by atoms with Crippen LogP contribution in [0.15, 0.2) is 48.9 Å². The van der Waals surface area contributed by atoms with Crippen LogP contribution < -0.4 is 10.1 Å². The van der Waals surface area contributed by atoms with Crippen molar-refractivity contribution in [2.24, 2.45) is 0 Å². The summed E-state index contributed by atoms with van der Waals surface area (Å²) in [5.41, 5.74) is 3.37. The number of halogens is 3. The van der Waals surface area contributed by atoms with Gasteiger partial charge in [0, 0.05) is 117 Å². The van der Waals surface area contributed by atoms with E-state index in [1.807, 2.05) is 6.92 Å². The van der Waals surface area contributed by atoms with E-state index in [1.54, 1.807) is 41.2 Å². The van der Waals surface area contributed by atoms with Crippen molar-refractivity contribution in [1.29, 1.82) is 0 Å². The topological polar surface area (TPSA) is 64.3 Å². The van der Waals surface area contributed by atoms with Crippen LogP contribution in [0.2, 0.25) is 0 Å². The maximum absolute atomic E-state index is 15.0. The summed E-state index contributed by atoms with van der Waals surface area (Å²) < 4.78 is 47.2. The van der Waals surface area contributed by atoms with E-state index >= 15 is 4.39 Å². The van der Waals surface area contributed by atoms with E-state index in [9.17, 15) is 8.78 Å². The summed E-state index contributed by atoms with van der Waals surface area (Å²) in [6, 6.07) is 8.01. The van der Waals surface area contributed by atoms with Gasteiger partial charge in [0.2, 0.25) is 0 Å². The van der Waals surface area contributed by atoms with Gasteiger partial charge in [0.15, 0.2) is 0 Å². The Bertz CT molecular complexity index is 1310. The normalized spacial score (nSPS) is 15.9. The van der Waals surface area contributed by atoms with Crippen molar-refractivity contribution >= 4 is 57.0 Å². The zero-order valence-electron chi connectivity index (χ0n) is 19.6. The van der Waals surface area contributed by atoms with E-state index < -0.39 is 12.4 Å². The maximum atomic E-state index is 15.0. The molecular formula is C25H24F3KN5O. The van der Waals surface area contributed by atoms with Gasteiger partial charge in [-0.25, -0.2) is 19.3 Å². The molecule has 10 heteroatoms. The molecule has 0 amide bonds. The molecule has 177 valence electrons. The number of hydrogen-bond donors (Lipinski definition) is 1. The second-order valence-electron chi connectivity index (χ2n) is 8.44. The predicted molar refractivity (Wildman–Crippen MR) is 127 cm³/mol. The standard InChI is InChI=1S/C25H24F3N5O.K/c1-15-21(9-16-5-2-3-7-22(16)34-25(27)28)33-14-19(20(26)10-23(33)32-15)18-12-30-24(31-13-18)17-6-4-8-29-11-17;/h2-3,5,7,10,12-14,17,25,29H,4,6,8-9,11H2,1H3;. The van der Waals surface area contributed by atoms with Gasteiger partial charge in [-0.15, -0.1) is 0 Å². The fourth-order valence-corrected chi connectivity index (χ4v) is 4.46. The van der Waals surface area contributed by atoms with Gasteiger partial charge in [-0.2, -0.15) is 8.78 Å². The Morgan fingerprint density at radius 3 is 2.69 bits per heavy atom. The predicted octanol–water partition coefficient (Wildman–Crippen LogP) is 4.52. The Hall–Kier alpha value is -1.82. The zero-order chi connectivity index (χ0) is 23.7. The Morgan fingerprint density at radius 2 is 1.97 bits per heavy atom. The molecule has 35 heavy (non-hydrogen) atoms. The molecule has 0 aliphatic carbocycles. The van der Waals surface area contributed by atoms with E-state index in [-0.39, 0.29) is 63.1 Å². The number of para-hydroxylation sites is 1. The molecule has 0 spiro atoms. The van der Waals surface area contributed by atoms with Crippen LogP contribution in [0.5, 0.6) is 5.75 Å². The summed E-state index contributed by atoms with van der Waals surface area (Å²) in [7, 11) is 0. The molecule has 4 heterocycles. The molecule has 1 atom stereocenters. The number of benzene rings is 1. The first-order valence-electron chi connectivity index (χ1n) is 11.2. The van der Waals surface area contributed by atoms with Gasteiger partial charge < -0.3 is 14.5 Å². The maximum Gasteiger partial charge on any atom is 0.387 e. The van der Waals surface area contributed by atoms with Crippen molar-refractivity contribution in [3.8, 4) is 16.9 Å². The average Bonchev–Trinajstić information content (AvgIpc) is 3.14. The van der Waals surface area contributed by atoms with Crippen LogP contribution in [0.3, 0.4) is 0 Å². The van der Waals surface area contributed by atoms with Crippen LogP contribution in [-0.4, -0.2) is 90.4 Å². The average molecular weight is 507 g/mol. The molecule has 1 saturated heterocycles. The first-order valence-corrected chi connectivity index (χ1v) is 11.2. The van der Waals surface area contributed by atoms with Crippen LogP contribution in [0, 0.1) is 12.7 Å². The van der Waals surface area contributed by atoms with E-state index in [0.29, 0.717) is 34.5 Å². The summed E-state index contributed by atoms with van der Waals surface area (Å²) >= 11 is 0. The Balaban J connectivity index is 0.00000289. The number of nitrogens with one attached hydrogen (secondary N) is 1. The number of rotatable bonds is 6. The van der Waals surface area contributed by atoms with Gasteiger partial charge >= 0.3 is 6.61 Å². The van der Waals surface area contributed by atoms with Crippen molar-refractivity contribution < 1.29 is 17.9 Å². The number of aryl methyl sites for hydroxylation is 1. The minimum absolute atomic E-state index is 0. The largest absolute Gasteiger partial charge is 0.435 e. The molecule has 1 unspecified atom stereocenters. The van der Waals surface area contributed by atoms with Crippen LogP contribution in [0.25, 0.3) is 16.8 Å². The van der Waals surface area contributed by atoms with Crippen LogP contribution in [-0.2, 0) is 6.42 Å². The Morgan fingerprint density at radius 1 is 1.20 bits per heavy atom. The molecule has 4 aromatic rings. The molecule has 0 bridgehead atoms. The minimum Gasteiger partial charge on any atom is -0.435 e. The minimum atomic E-state index is -2.92. The zero-order valence-corrected chi connectivity index (χ0v) is 22.8. The second kappa shape index (κ2) is 11.5. The molecule has 1 aliphatic heterocycles. The summed E-state index contributed by atoms with van der Waals surface area (Å²) in [4.78, 5) is 13.5. The van der Waals surface area contributed by atoms with Crippen molar-refractivity contribution in [3.63, 3.8) is 0 Å². The molecule has 6 nitrogen and oxygen atoms in total. The van der Waals surface area contributed by atoms with Crippen LogP contribution in [0.1, 0.15) is 41.5 Å². The van der Waals surface area contributed by atoms with Gasteiger partial charge in [0.25, 0.3) is 0 Å². The number of hydrogen-bond acceptors (Lipinski definition) is 5. The smallest absolute Gasteiger partial charge is 0.387 e. The summed E-state index contributed by atoms with van der Waals surface area (Å²) in [5.74, 6) is 0.692. The first kappa shape index (κ1) is 26.2. The molecule has 3 aromatic heterocycles. The fourth-order valence-electron chi connectivity index (χ4n) is 4.46. The number of piperidine rings is 1. The first-order chi connectivity index (χ1) is 16.5. The number of nitrogens with zero attached hydrogens (tertiary/aromatic N) is 4. The molecule has 1 radical (unpaired) electrons. The molecule has 5 rings (SSSR count). The SMILES string of the molecule is Cc1nc2cc(F)c(-c3cnc(C4CCCNC4)nc3)cn2c1Cc1ccccc1OC(F)F.[K]. The van der Waals surface area contributed by atoms with Gasteiger partial charge in [-0.3, -0.25) is 0 Å². The van der Waals surface area contributed by atoms with Gasteiger partial charge in [-0.05, 0) is 32.4 Å². The number of alkyl halides is 2. The van der Waals surface area contributed by atoms with Gasteiger partial charge in [0.05, 0.1) is 5.69 Å². The Labute approximate surface area is 243 Å².